The fourth-order valence-corrected chi connectivity index (χ4v) is 3.09. The number of pyridine rings is 2. The number of anilines is 1. The van der Waals surface area contributed by atoms with Crippen LogP contribution >= 0.6 is 15.9 Å². The molecule has 1 amide bonds. The molecule has 4 rings (SSSR count). The van der Waals surface area contributed by atoms with Gasteiger partial charge in [-0.15, -0.1) is 0 Å². The van der Waals surface area contributed by atoms with Crippen LogP contribution in [0.4, 0.5) is 5.69 Å². The summed E-state index contributed by atoms with van der Waals surface area (Å²) in [5.74, 6) is -0.239. The van der Waals surface area contributed by atoms with Crippen molar-refractivity contribution in [2.24, 2.45) is 0 Å². The summed E-state index contributed by atoms with van der Waals surface area (Å²) in [6, 6.07) is 15.5. The van der Waals surface area contributed by atoms with Gasteiger partial charge in [-0.2, -0.15) is 0 Å². The number of rotatable bonds is 3. The molecule has 4 aromatic rings. The van der Waals surface area contributed by atoms with E-state index >= 15 is 0 Å². The van der Waals surface area contributed by atoms with Crippen molar-refractivity contribution in [1.29, 1.82) is 0 Å². The molecule has 3 aromatic heterocycles. The first-order valence-electron chi connectivity index (χ1n) is 8.07. The van der Waals surface area contributed by atoms with E-state index in [4.69, 9.17) is 0 Å². The lowest BCUT2D eigenvalue weighted by Crippen LogP contribution is -2.12. The molecule has 0 fully saturated rings. The largest absolute Gasteiger partial charge is 0.321 e. The summed E-state index contributed by atoms with van der Waals surface area (Å²) in [6.45, 7) is 1.96. The van der Waals surface area contributed by atoms with Crippen LogP contribution in [0.25, 0.3) is 16.8 Å². The highest BCUT2D eigenvalue weighted by atomic mass is 79.9. The van der Waals surface area contributed by atoms with E-state index in [1.54, 1.807) is 12.4 Å². The monoisotopic (exact) mass is 406 g/mol. The molecule has 0 spiro atoms. The number of aryl methyl sites for hydroxylation is 1. The molecule has 128 valence electrons. The van der Waals surface area contributed by atoms with Gasteiger partial charge in [-0.05, 0) is 70.4 Å². The van der Waals surface area contributed by atoms with E-state index in [1.165, 1.54) is 0 Å². The smallest absolute Gasteiger partial charge is 0.275 e. The summed E-state index contributed by atoms with van der Waals surface area (Å²) in [5.41, 5.74) is 4.97. The van der Waals surface area contributed by atoms with Gasteiger partial charge in [-0.3, -0.25) is 9.78 Å². The fraction of sp³-hybridized carbons (Fsp3) is 0.0500. The number of imidazole rings is 1. The Morgan fingerprint density at radius 1 is 1.04 bits per heavy atom. The Labute approximate surface area is 158 Å². The van der Waals surface area contributed by atoms with Crippen molar-refractivity contribution in [2.75, 3.05) is 5.32 Å². The number of amides is 1. The number of benzene rings is 1. The molecule has 0 saturated carbocycles. The molecule has 26 heavy (non-hydrogen) atoms. The summed E-state index contributed by atoms with van der Waals surface area (Å²) in [4.78, 5) is 21.0. The second-order valence-electron chi connectivity index (χ2n) is 5.96. The number of hydrogen-bond acceptors (Lipinski definition) is 3. The minimum atomic E-state index is -0.239. The van der Waals surface area contributed by atoms with Crippen molar-refractivity contribution >= 4 is 33.2 Å². The number of halogens is 1. The van der Waals surface area contributed by atoms with E-state index in [0.29, 0.717) is 5.69 Å². The summed E-state index contributed by atoms with van der Waals surface area (Å²) < 4.78 is 2.74. The number of aromatic nitrogens is 3. The zero-order chi connectivity index (χ0) is 18.1. The molecule has 0 saturated heterocycles. The maximum absolute atomic E-state index is 12.5. The van der Waals surface area contributed by atoms with Crippen LogP contribution in [0.1, 0.15) is 16.2 Å². The summed E-state index contributed by atoms with van der Waals surface area (Å²) >= 11 is 3.41. The van der Waals surface area contributed by atoms with E-state index in [2.05, 4.69) is 31.2 Å². The first-order valence-corrected chi connectivity index (χ1v) is 8.86. The van der Waals surface area contributed by atoms with Gasteiger partial charge in [0.25, 0.3) is 5.91 Å². The minimum Gasteiger partial charge on any atom is -0.321 e. The lowest BCUT2D eigenvalue weighted by Gasteiger charge is -2.06. The molecule has 0 aliphatic rings. The van der Waals surface area contributed by atoms with Gasteiger partial charge in [0.1, 0.15) is 11.3 Å². The van der Waals surface area contributed by atoms with Gasteiger partial charge in [0, 0.05) is 34.4 Å². The lowest BCUT2D eigenvalue weighted by molar-refractivity contribution is 0.102. The molecule has 6 heteroatoms. The van der Waals surface area contributed by atoms with Crippen molar-refractivity contribution < 1.29 is 4.79 Å². The van der Waals surface area contributed by atoms with Crippen LogP contribution < -0.4 is 5.32 Å². The van der Waals surface area contributed by atoms with Crippen LogP contribution in [0.5, 0.6) is 0 Å². The Hall–Kier alpha value is -2.99. The number of nitrogens with zero attached hydrogens (tertiary/aromatic N) is 3. The summed E-state index contributed by atoms with van der Waals surface area (Å²) in [5, 5.41) is 2.89. The molecule has 0 radical (unpaired) electrons. The zero-order valence-corrected chi connectivity index (χ0v) is 15.6. The Morgan fingerprint density at radius 2 is 1.85 bits per heavy atom. The third kappa shape index (κ3) is 3.36. The molecule has 0 bridgehead atoms. The van der Waals surface area contributed by atoms with E-state index in [0.717, 1.165) is 32.6 Å². The Kier molecular flexibility index (Phi) is 4.26. The first-order chi connectivity index (χ1) is 12.6. The Morgan fingerprint density at radius 3 is 2.62 bits per heavy atom. The van der Waals surface area contributed by atoms with Gasteiger partial charge in [0.15, 0.2) is 0 Å². The Bertz CT molecular complexity index is 1100. The molecular formula is C20H15BrN4O. The summed E-state index contributed by atoms with van der Waals surface area (Å²) in [6.07, 6.45) is 5.37. The van der Waals surface area contributed by atoms with Gasteiger partial charge in [-0.25, -0.2) is 4.98 Å². The van der Waals surface area contributed by atoms with E-state index in [-0.39, 0.29) is 5.91 Å². The molecule has 0 unspecified atom stereocenters. The van der Waals surface area contributed by atoms with Crippen LogP contribution in [0, 0.1) is 6.92 Å². The maximum Gasteiger partial charge on any atom is 0.275 e. The van der Waals surface area contributed by atoms with Gasteiger partial charge < -0.3 is 9.72 Å². The molecular weight excluding hydrogens is 392 g/mol. The second kappa shape index (κ2) is 6.72. The van der Waals surface area contributed by atoms with Crippen molar-refractivity contribution in [2.45, 2.75) is 6.92 Å². The average molecular weight is 407 g/mol. The molecule has 1 N–H and O–H groups in total. The van der Waals surface area contributed by atoms with Gasteiger partial charge >= 0.3 is 0 Å². The van der Waals surface area contributed by atoms with Crippen LogP contribution in [0.2, 0.25) is 0 Å². The second-order valence-corrected chi connectivity index (χ2v) is 6.87. The quantitative estimate of drug-likeness (QED) is 0.535. The van der Waals surface area contributed by atoms with Crippen molar-refractivity contribution in [3.05, 3.63) is 83.0 Å². The zero-order valence-electron chi connectivity index (χ0n) is 14.0. The number of carbonyl (C=O) groups is 1. The van der Waals surface area contributed by atoms with Crippen molar-refractivity contribution in [3.8, 4) is 11.1 Å². The standard InChI is InChI=1S/C20H15BrN4O/c1-13-10-15(8-9-22-13)14-2-5-17(6-3-14)23-20(26)18-12-25-11-16(21)4-7-19(25)24-18/h2-12H,1H3,(H,23,26). The maximum atomic E-state index is 12.5. The molecule has 5 nitrogen and oxygen atoms in total. The number of carbonyl (C=O) groups excluding carboxylic acids is 1. The number of nitrogens with one attached hydrogen (secondary N) is 1. The SMILES string of the molecule is Cc1cc(-c2ccc(NC(=O)c3cn4cc(Br)ccc4n3)cc2)ccn1. The van der Waals surface area contributed by atoms with E-state index in [1.807, 2.05) is 66.1 Å². The molecule has 1 aromatic carbocycles. The predicted octanol–water partition coefficient (Wildman–Crippen LogP) is 4.72. The highest BCUT2D eigenvalue weighted by Crippen LogP contribution is 2.22. The normalized spacial score (nSPS) is 10.8. The van der Waals surface area contributed by atoms with Crippen LogP contribution in [-0.4, -0.2) is 20.3 Å². The van der Waals surface area contributed by atoms with Crippen LogP contribution in [0.3, 0.4) is 0 Å². The fourth-order valence-electron chi connectivity index (χ4n) is 2.74. The van der Waals surface area contributed by atoms with Crippen LogP contribution in [-0.2, 0) is 0 Å². The number of hydrogen-bond donors (Lipinski definition) is 1. The van der Waals surface area contributed by atoms with Crippen LogP contribution in [0.15, 0.2) is 71.6 Å². The highest BCUT2D eigenvalue weighted by molar-refractivity contribution is 9.10. The van der Waals surface area contributed by atoms with Crippen molar-refractivity contribution in [1.82, 2.24) is 14.4 Å². The van der Waals surface area contributed by atoms with Gasteiger partial charge in [0.05, 0.1) is 0 Å². The van der Waals surface area contributed by atoms with Crippen molar-refractivity contribution in [3.63, 3.8) is 0 Å². The molecule has 0 aliphatic carbocycles. The predicted molar refractivity (Wildman–Crippen MR) is 105 cm³/mol. The Balaban J connectivity index is 1.53. The summed E-state index contributed by atoms with van der Waals surface area (Å²) in [7, 11) is 0. The first kappa shape index (κ1) is 16.5. The lowest BCUT2D eigenvalue weighted by atomic mass is 10.1. The van der Waals surface area contributed by atoms with Gasteiger partial charge in [-0.1, -0.05) is 12.1 Å². The molecule has 0 aliphatic heterocycles. The molecule has 3 heterocycles. The van der Waals surface area contributed by atoms with E-state index in [9.17, 15) is 4.79 Å². The third-order valence-electron chi connectivity index (χ3n) is 4.02. The van der Waals surface area contributed by atoms with E-state index < -0.39 is 0 Å². The third-order valence-corrected chi connectivity index (χ3v) is 4.49. The molecule has 0 atom stereocenters. The average Bonchev–Trinajstić information content (AvgIpc) is 3.05. The minimum absolute atomic E-state index is 0.239. The van der Waals surface area contributed by atoms with Gasteiger partial charge in [0.2, 0.25) is 0 Å². The number of fused-ring (bicyclic) bond motifs is 1. The topological polar surface area (TPSA) is 59.3 Å². The highest BCUT2D eigenvalue weighted by Gasteiger charge is 2.11.